The quantitative estimate of drug-likeness (QED) is 0.485. The van der Waals surface area contributed by atoms with Crippen molar-refractivity contribution in [3.8, 4) is 11.5 Å². The van der Waals surface area contributed by atoms with Crippen LogP contribution in [-0.4, -0.2) is 24.5 Å². The predicted octanol–water partition coefficient (Wildman–Crippen LogP) is 3.29. The van der Waals surface area contributed by atoms with Crippen LogP contribution < -0.4 is 9.47 Å². The number of furan rings is 1. The molecule has 0 amide bonds. The molecule has 0 N–H and O–H groups in total. The first-order valence-electron chi connectivity index (χ1n) is 8.08. The number of hydrogen-bond donors (Lipinski definition) is 0. The zero-order valence-corrected chi connectivity index (χ0v) is 13.6. The molecule has 2 aliphatic heterocycles. The van der Waals surface area contributed by atoms with Gasteiger partial charge in [-0.3, -0.25) is 4.79 Å². The summed E-state index contributed by atoms with van der Waals surface area (Å²) in [6.07, 6.45) is 2.54. The average molecular weight is 340 g/mol. The van der Waals surface area contributed by atoms with Crippen LogP contribution in [0.3, 0.4) is 0 Å². The van der Waals surface area contributed by atoms with E-state index in [1.807, 2.05) is 13.0 Å². The number of carbonyl (C=O) groups is 2. The Hall–Kier alpha value is -2.86. The molecule has 6 heteroatoms. The number of fused-ring (bicyclic) bond motifs is 1. The number of ether oxygens (including phenoxy) is 3. The second kappa shape index (κ2) is 6.22. The molecule has 1 unspecified atom stereocenters. The van der Waals surface area contributed by atoms with Crippen molar-refractivity contribution in [2.24, 2.45) is 0 Å². The Morgan fingerprint density at radius 1 is 1.28 bits per heavy atom. The van der Waals surface area contributed by atoms with Gasteiger partial charge in [0.15, 0.2) is 11.9 Å². The zero-order chi connectivity index (χ0) is 17.4. The Balaban J connectivity index is 1.53. The molecule has 6 nitrogen and oxygen atoms in total. The molecule has 0 aliphatic carbocycles. The Morgan fingerprint density at radius 3 is 2.88 bits per heavy atom. The minimum absolute atomic E-state index is 0.173. The first kappa shape index (κ1) is 15.7. The van der Waals surface area contributed by atoms with E-state index in [-0.39, 0.29) is 11.5 Å². The molecule has 128 valence electrons. The summed E-state index contributed by atoms with van der Waals surface area (Å²) in [6, 6.07) is 8.27. The van der Waals surface area contributed by atoms with E-state index in [9.17, 15) is 9.59 Å². The second-order valence-electron chi connectivity index (χ2n) is 5.97. The lowest BCUT2D eigenvalue weighted by atomic mass is 10.1. The molecule has 0 bridgehead atoms. The third-order valence-electron chi connectivity index (χ3n) is 4.09. The largest absolute Gasteiger partial charge is 0.462 e. The molecule has 0 saturated carbocycles. The van der Waals surface area contributed by atoms with Gasteiger partial charge in [-0.1, -0.05) is 0 Å². The molecule has 1 atom stereocenters. The highest BCUT2D eigenvalue weighted by atomic mass is 16.6. The lowest BCUT2D eigenvalue weighted by molar-refractivity contribution is -0.144. The smallest absolute Gasteiger partial charge is 0.340 e. The van der Waals surface area contributed by atoms with Gasteiger partial charge in [0, 0.05) is 18.7 Å². The molecule has 2 aliphatic rings. The first-order chi connectivity index (χ1) is 12.1. The summed E-state index contributed by atoms with van der Waals surface area (Å²) in [5.41, 5.74) is 0.423. The van der Waals surface area contributed by atoms with Gasteiger partial charge in [0.2, 0.25) is 5.78 Å². The molecule has 1 aromatic carbocycles. The van der Waals surface area contributed by atoms with Crippen molar-refractivity contribution >= 4 is 17.8 Å². The number of esters is 1. The number of ketones is 1. The third kappa shape index (κ3) is 3.08. The fourth-order valence-electron chi connectivity index (χ4n) is 2.84. The topological polar surface area (TPSA) is 75.0 Å². The minimum atomic E-state index is -0.520. The monoisotopic (exact) mass is 340 g/mol. The molecular weight excluding hydrogens is 324 g/mol. The van der Waals surface area contributed by atoms with Crippen LogP contribution in [-0.2, 0) is 9.53 Å². The highest BCUT2D eigenvalue weighted by Gasteiger charge is 2.30. The van der Waals surface area contributed by atoms with Crippen LogP contribution in [0.5, 0.6) is 11.5 Å². The zero-order valence-electron chi connectivity index (χ0n) is 13.6. The van der Waals surface area contributed by atoms with Crippen LogP contribution in [0.25, 0.3) is 6.08 Å². The summed E-state index contributed by atoms with van der Waals surface area (Å²) in [5, 5.41) is 0. The summed E-state index contributed by atoms with van der Waals surface area (Å²) >= 11 is 0. The van der Waals surface area contributed by atoms with Crippen molar-refractivity contribution < 1.29 is 28.2 Å². The summed E-state index contributed by atoms with van der Waals surface area (Å²) < 4.78 is 21.7. The fourth-order valence-corrected chi connectivity index (χ4v) is 2.84. The minimum Gasteiger partial charge on any atom is -0.462 e. The second-order valence-corrected chi connectivity index (χ2v) is 5.97. The van der Waals surface area contributed by atoms with Gasteiger partial charge in [-0.05, 0) is 44.0 Å². The highest BCUT2D eigenvalue weighted by molar-refractivity contribution is 6.14. The standard InChI is InChI=1S/C19H16O6/c1-11-4-5-12(23-11)10-17-18(20)14-7-6-13(9-16(14)25-17)24-19(21)15-3-2-8-22-15/h4-7,9-10,15H,2-3,8H2,1H3/b17-10-. The van der Waals surface area contributed by atoms with Crippen LogP contribution >= 0.6 is 0 Å². The lowest BCUT2D eigenvalue weighted by Crippen LogP contribution is -2.24. The van der Waals surface area contributed by atoms with Gasteiger partial charge >= 0.3 is 5.97 Å². The van der Waals surface area contributed by atoms with Gasteiger partial charge in [0.25, 0.3) is 0 Å². The first-order valence-corrected chi connectivity index (χ1v) is 8.08. The van der Waals surface area contributed by atoms with Crippen molar-refractivity contribution in [2.45, 2.75) is 25.9 Å². The third-order valence-corrected chi connectivity index (χ3v) is 4.09. The number of allylic oxidation sites excluding steroid dienone is 1. The van der Waals surface area contributed by atoms with Crippen molar-refractivity contribution in [3.63, 3.8) is 0 Å². The van der Waals surface area contributed by atoms with Crippen LogP contribution in [0.15, 0.2) is 40.5 Å². The SMILES string of the molecule is Cc1ccc(/C=C2\Oc3cc(OC(=O)C4CCCO4)ccc3C2=O)o1. The molecular formula is C19H16O6. The number of Topliss-reactive ketones (excluding diaryl/α,β-unsaturated/α-hetero) is 1. The summed E-state index contributed by atoms with van der Waals surface area (Å²) in [6.45, 7) is 2.39. The Labute approximate surface area is 144 Å². The van der Waals surface area contributed by atoms with Crippen LogP contribution in [0.1, 0.15) is 34.7 Å². The molecule has 25 heavy (non-hydrogen) atoms. The van der Waals surface area contributed by atoms with Gasteiger partial charge in [-0.15, -0.1) is 0 Å². The Kier molecular flexibility index (Phi) is 3.89. The average Bonchev–Trinajstić information content (AvgIpc) is 3.30. The van der Waals surface area contributed by atoms with E-state index in [0.29, 0.717) is 35.9 Å². The number of hydrogen-bond acceptors (Lipinski definition) is 6. The molecule has 0 radical (unpaired) electrons. The molecule has 1 fully saturated rings. The van der Waals surface area contributed by atoms with E-state index in [1.54, 1.807) is 24.3 Å². The van der Waals surface area contributed by atoms with Crippen molar-refractivity contribution in [1.29, 1.82) is 0 Å². The maximum Gasteiger partial charge on any atom is 0.340 e. The van der Waals surface area contributed by atoms with E-state index in [4.69, 9.17) is 18.6 Å². The van der Waals surface area contributed by atoms with Gasteiger partial charge in [-0.2, -0.15) is 0 Å². The van der Waals surface area contributed by atoms with Crippen LogP contribution in [0.4, 0.5) is 0 Å². The van der Waals surface area contributed by atoms with Crippen molar-refractivity contribution in [2.75, 3.05) is 6.61 Å². The predicted molar refractivity (Wildman–Crippen MR) is 87.4 cm³/mol. The number of benzene rings is 1. The highest BCUT2D eigenvalue weighted by Crippen LogP contribution is 2.35. The van der Waals surface area contributed by atoms with E-state index in [0.717, 1.165) is 12.2 Å². The number of carbonyl (C=O) groups excluding carboxylic acids is 2. The number of rotatable bonds is 3. The Morgan fingerprint density at radius 2 is 2.16 bits per heavy atom. The van der Waals surface area contributed by atoms with E-state index in [2.05, 4.69) is 0 Å². The molecule has 1 saturated heterocycles. The van der Waals surface area contributed by atoms with E-state index < -0.39 is 12.1 Å². The number of aryl methyl sites for hydroxylation is 1. The van der Waals surface area contributed by atoms with Crippen LogP contribution in [0, 0.1) is 6.92 Å². The maximum absolute atomic E-state index is 12.4. The molecule has 3 heterocycles. The van der Waals surface area contributed by atoms with Gasteiger partial charge in [0.05, 0.1) is 5.56 Å². The maximum atomic E-state index is 12.4. The molecule has 1 aromatic heterocycles. The fraction of sp³-hybridized carbons (Fsp3) is 0.263. The summed E-state index contributed by atoms with van der Waals surface area (Å²) in [5.74, 6) is 1.48. The Bertz CT molecular complexity index is 870. The van der Waals surface area contributed by atoms with Crippen molar-refractivity contribution in [3.05, 3.63) is 53.2 Å². The lowest BCUT2D eigenvalue weighted by Gasteiger charge is -2.09. The van der Waals surface area contributed by atoms with Crippen LogP contribution in [0.2, 0.25) is 0 Å². The summed E-state index contributed by atoms with van der Waals surface area (Å²) in [4.78, 5) is 24.4. The van der Waals surface area contributed by atoms with Gasteiger partial charge in [-0.25, -0.2) is 4.79 Å². The summed E-state index contributed by atoms with van der Waals surface area (Å²) in [7, 11) is 0. The normalized spacial score (nSPS) is 20.6. The molecule has 0 spiro atoms. The molecule has 4 rings (SSSR count). The van der Waals surface area contributed by atoms with Gasteiger partial charge < -0.3 is 18.6 Å². The van der Waals surface area contributed by atoms with Crippen molar-refractivity contribution in [1.82, 2.24) is 0 Å². The van der Waals surface area contributed by atoms with E-state index >= 15 is 0 Å². The molecule has 2 aromatic rings. The van der Waals surface area contributed by atoms with E-state index in [1.165, 1.54) is 6.07 Å². The van der Waals surface area contributed by atoms with Gasteiger partial charge in [0.1, 0.15) is 23.0 Å².